The number of carbonyl (C=O) groups excluding carboxylic acids is 1. The summed E-state index contributed by atoms with van der Waals surface area (Å²) in [4.78, 5) is 19.6. The maximum absolute atomic E-state index is 12.7. The maximum Gasteiger partial charge on any atom is 0.255 e. The molecular formula is C21H22N4O4S2. The topological polar surface area (TPSA) is 91.8 Å². The van der Waals surface area contributed by atoms with Gasteiger partial charge in [-0.1, -0.05) is 11.3 Å². The highest BCUT2D eigenvalue weighted by Gasteiger charge is 2.28. The summed E-state index contributed by atoms with van der Waals surface area (Å²) in [5.41, 5.74) is 2.66. The number of sulfonamides is 1. The number of nitrogens with zero attached hydrogens (tertiary/aromatic N) is 3. The van der Waals surface area contributed by atoms with Crippen LogP contribution in [0.2, 0.25) is 0 Å². The minimum absolute atomic E-state index is 0.169. The van der Waals surface area contributed by atoms with Crippen LogP contribution in [0.5, 0.6) is 0 Å². The van der Waals surface area contributed by atoms with E-state index in [4.69, 9.17) is 9.72 Å². The van der Waals surface area contributed by atoms with Crippen LogP contribution in [0.15, 0.2) is 42.5 Å². The third-order valence-corrected chi connectivity index (χ3v) is 8.38. The van der Waals surface area contributed by atoms with Crippen molar-refractivity contribution < 1.29 is 17.9 Å². The number of fused-ring (bicyclic) bond motifs is 1. The molecule has 2 aliphatic heterocycles. The van der Waals surface area contributed by atoms with Crippen molar-refractivity contribution >= 4 is 54.0 Å². The lowest BCUT2D eigenvalue weighted by molar-refractivity contribution is 0.102. The van der Waals surface area contributed by atoms with Gasteiger partial charge in [0.25, 0.3) is 5.91 Å². The predicted octanol–water partition coefficient (Wildman–Crippen LogP) is 2.93. The van der Waals surface area contributed by atoms with Crippen LogP contribution in [0.1, 0.15) is 16.8 Å². The average molecular weight is 459 g/mol. The molecule has 0 radical (unpaired) electrons. The molecule has 0 spiro atoms. The summed E-state index contributed by atoms with van der Waals surface area (Å²) in [6.45, 7) is 3.56. The number of morpholine rings is 1. The van der Waals surface area contributed by atoms with Crippen LogP contribution in [0.3, 0.4) is 0 Å². The van der Waals surface area contributed by atoms with Crippen molar-refractivity contribution in [3.63, 3.8) is 0 Å². The molecule has 1 amide bonds. The number of carbonyl (C=O) groups is 1. The van der Waals surface area contributed by atoms with Gasteiger partial charge in [0, 0.05) is 30.9 Å². The highest BCUT2D eigenvalue weighted by molar-refractivity contribution is 7.93. The highest BCUT2D eigenvalue weighted by atomic mass is 32.2. The number of rotatable bonds is 4. The molecule has 0 aliphatic carbocycles. The van der Waals surface area contributed by atoms with Crippen LogP contribution in [-0.4, -0.2) is 57.9 Å². The molecule has 2 saturated heterocycles. The maximum atomic E-state index is 12.7. The lowest BCUT2D eigenvalue weighted by Gasteiger charge is -2.25. The first kappa shape index (κ1) is 20.2. The molecule has 2 aromatic carbocycles. The number of hydrogen-bond donors (Lipinski definition) is 1. The zero-order chi connectivity index (χ0) is 21.4. The Bertz CT molecular complexity index is 1220. The van der Waals surface area contributed by atoms with Crippen molar-refractivity contribution in [2.75, 3.05) is 53.1 Å². The van der Waals surface area contributed by atoms with E-state index < -0.39 is 10.0 Å². The number of aromatic nitrogens is 1. The Morgan fingerprint density at radius 2 is 1.84 bits per heavy atom. The van der Waals surface area contributed by atoms with Gasteiger partial charge in [-0.15, -0.1) is 0 Å². The molecule has 8 nitrogen and oxygen atoms in total. The molecule has 0 unspecified atom stereocenters. The third kappa shape index (κ3) is 4.10. The zero-order valence-corrected chi connectivity index (χ0v) is 18.4. The second kappa shape index (κ2) is 8.10. The third-order valence-electron chi connectivity index (χ3n) is 5.43. The molecule has 162 valence electrons. The normalized spacial score (nSPS) is 18.5. The Morgan fingerprint density at radius 1 is 1.06 bits per heavy atom. The molecule has 3 heterocycles. The van der Waals surface area contributed by atoms with Crippen LogP contribution in [0.4, 0.5) is 16.5 Å². The summed E-state index contributed by atoms with van der Waals surface area (Å²) in [5.74, 6) is -0.0733. The number of ether oxygens (including phenoxy) is 1. The number of benzene rings is 2. The molecule has 0 bridgehead atoms. The van der Waals surface area contributed by atoms with Gasteiger partial charge in [0.1, 0.15) is 0 Å². The molecule has 1 N–H and O–H groups in total. The molecule has 10 heteroatoms. The molecule has 31 heavy (non-hydrogen) atoms. The molecule has 0 atom stereocenters. The first-order valence-corrected chi connectivity index (χ1v) is 12.6. The molecule has 5 rings (SSSR count). The first-order chi connectivity index (χ1) is 15.0. The Balaban J connectivity index is 1.30. The van der Waals surface area contributed by atoms with E-state index >= 15 is 0 Å². The molecule has 2 aliphatic rings. The van der Waals surface area contributed by atoms with E-state index in [-0.39, 0.29) is 11.7 Å². The minimum atomic E-state index is -3.23. The van der Waals surface area contributed by atoms with E-state index in [1.54, 1.807) is 35.6 Å². The first-order valence-electron chi connectivity index (χ1n) is 10.1. The van der Waals surface area contributed by atoms with Gasteiger partial charge >= 0.3 is 0 Å². The number of anilines is 3. The Morgan fingerprint density at radius 3 is 2.55 bits per heavy atom. The second-order valence-corrected chi connectivity index (χ2v) is 10.5. The van der Waals surface area contributed by atoms with Gasteiger partial charge in [-0.3, -0.25) is 9.10 Å². The lowest BCUT2D eigenvalue weighted by atomic mass is 10.2. The van der Waals surface area contributed by atoms with E-state index in [1.807, 2.05) is 18.2 Å². The molecule has 1 aromatic heterocycles. The molecule has 0 saturated carbocycles. The SMILES string of the molecule is O=C(Nc1ccc2nc(N3CCOCC3)sc2c1)c1ccc(N2CCCS2(=O)=O)cc1. The van der Waals surface area contributed by atoms with E-state index in [2.05, 4.69) is 10.2 Å². The van der Waals surface area contributed by atoms with E-state index in [1.165, 1.54) is 4.31 Å². The number of thiazole rings is 1. The van der Waals surface area contributed by atoms with E-state index in [0.717, 1.165) is 28.4 Å². The van der Waals surface area contributed by atoms with Gasteiger partial charge in [-0.25, -0.2) is 13.4 Å². The smallest absolute Gasteiger partial charge is 0.255 e. The fourth-order valence-corrected chi connectivity index (χ4v) is 6.41. The van der Waals surface area contributed by atoms with E-state index in [0.29, 0.717) is 43.1 Å². The Hall–Kier alpha value is -2.69. The molecule has 3 aromatic rings. The summed E-state index contributed by atoms with van der Waals surface area (Å²) in [5, 5.41) is 3.89. The fourth-order valence-electron chi connectivity index (χ4n) is 3.79. The number of hydrogen-bond acceptors (Lipinski definition) is 7. The summed E-state index contributed by atoms with van der Waals surface area (Å²) >= 11 is 1.60. The van der Waals surface area contributed by atoms with Gasteiger partial charge in [0.15, 0.2) is 5.13 Å². The van der Waals surface area contributed by atoms with Crippen molar-refractivity contribution in [3.05, 3.63) is 48.0 Å². The van der Waals surface area contributed by atoms with Crippen LogP contribution in [0, 0.1) is 0 Å². The van der Waals surface area contributed by atoms with Crippen molar-refractivity contribution in [2.45, 2.75) is 6.42 Å². The van der Waals surface area contributed by atoms with Crippen molar-refractivity contribution in [2.24, 2.45) is 0 Å². The van der Waals surface area contributed by atoms with Crippen LogP contribution in [-0.2, 0) is 14.8 Å². The Kier molecular flexibility index (Phi) is 5.28. The van der Waals surface area contributed by atoms with Gasteiger partial charge in [0.2, 0.25) is 10.0 Å². The Labute approximate surface area is 184 Å². The summed E-state index contributed by atoms with van der Waals surface area (Å²) in [7, 11) is -3.23. The monoisotopic (exact) mass is 458 g/mol. The van der Waals surface area contributed by atoms with Crippen LogP contribution < -0.4 is 14.5 Å². The standard InChI is InChI=1S/C21H22N4O4S2/c26-20(15-2-5-17(6-3-15)25-8-1-13-31(25,27)28)22-16-4-7-18-19(14-16)30-21(23-18)24-9-11-29-12-10-24/h2-7,14H,1,8-13H2,(H,22,26). The minimum Gasteiger partial charge on any atom is -0.378 e. The van der Waals surface area contributed by atoms with Gasteiger partial charge in [-0.2, -0.15) is 0 Å². The predicted molar refractivity (Wildman–Crippen MR) is 123 cm³/mol. The van der Waals surface area contributed by atoms with Crippen LogP contribution >= 0.6 is 11.3 Å². The van der Waals surface area contributed by atoms with Gasteiger partial charge in [-0.05, 0) is 48.9 Å². The van der Waals surface area contributed by atoms with Crippen molar-refractivity contribution in [1.29, 1.82) is 0 Å². The van der Waals surface area contributed by atoms with Gasteiger partial charge < -0.3 is 15.0 Å². The summed E-state index contributed by atoms with van der Waals surface area (Å²) in [6.07, 6.45) is 0.623. The second-order valence-electron chi connectivity index (χ2n) is 7.52. The van der Waals surface area contributed by atoms with E-state index in [9.17, 15) is 13.2 Å². The summed E-state index contributed by atoms with van der Waals surface area (Å²) in [6, 6.07) is 12.3. The summed E-state index contributed by atoms with van der Waals surface area (Å²) < 4.78 is 31.9. The average Bonchev–Trinajstić information content (AvgIpc) is 3.36. The lowest BCUT2D eigenvalue weighted by Crippen LogP contribution is -2.36. The van der Waals surface area contributed by atoms with Crippen molar-refractivity contribution in [1.82, 2.24) is 4.98 Å². The van der Waals surface area contributed by atoms with Crippen molar-refractivity contribution in [3.8, 4) is 0 Å². The quantitative estimate of drug-likeness (QED) is 0.646. The number of nitrogens with one attached hydrogen (secondary N) is 1. The van der Waals surface area contributed by atoms with Crippen LogP contribution in [0.25, 0.3) is 10.2 Å². The molecule has 2 fully saturated rings. The molecular weight excluding hydrogens is 436 g/mol. The van der Waals surface area contributed by atoms with Gasteiger partial charge in [0.05, 0.1) is 34.9 Å². The highest BCUT2D eigenvalue weighted by Crippen LogP contribution is 2.31. The number of amides is 1. The largest absolute Gasteiger partial charge is 0.378 e. The fraction of sp³-hybridized carbons (Fsp3) is 0.333. The zero-order valence-electron chi connectivity index (χ0n) is 16.8.